The Morgan fingerprint density at radius 2 is 1.62 bits per heavy atom. The third kappa shape index (κ3) is 9.55. The summed E-state index contributed by atoms with van der Waals surface area (Å²) >= 11 is 0. The average molecular weight is 636 g/mol. The predicted molar refractivity (Wildman–Crippen MR) is 152 cm³/mol. The van der Waals surface area contributed by atoms with Gasteiger partial charge in [-0.2, -0.15) is 0 Å². The van der Waals surface area contributed by atoms with Crippen molar-refractivity contribution in [2.45, 2.75) is 77.3 Å². The standard InChI is InChI=1S/C29H37N3O13/c1-29(2,3)28(42)43-14-15-6-7-17(44-27-24(39)22(37)23(38)25(45-27)26(40)41)16(13-15)31-19(34)10-11-30-18(33)5-4-12-32-20(35)8-9-21(32)36/h6-9,13,22-25,27,37-39H,4-5,10-12,14H2,1-3H3,(H,30,33)(H,31,34)(H,40,41)/t22-,23-,24+,25?,27+/m0/s1. The number of ether oxygens (including phenoxy) is 3. The lowest BCUT2D eigenvalue weighted by Gasteiger charge is -2.38. The van der Waals surface area contributed by atoms with E-state index in [1.807, 2.05) is 0 Å². The number of anilines is 1. The van der Waals surface area contributed by atoms with Crippen molar-refractivity contribution in [3.8, 4) is 5.75 Å². The number of carbonyl (C=O) groups excluding carboxylic acids is 5. The van der Waals surface area contributed by atoms with Gasteiger partial charge in [0.25, 0.3) is 11.8 Å². The zero-order chi connectivity index (χ0) is 33.5. The van der Waals surface area contributed by atoms with Gasteiger partial charge in [0.05, 0.1) is 11.1 Å². The van der Waals surface area contributed by atoms with Gasteiger partial charge in [0.15, 0.2) is 6.10 Å². The zero-order valence-electron chi connectivity index (χ0n) is 24.9. The van der Waals surface area contributed by atoms with E-state index in [0.29, 0.717) is 5.56 Å². The fourth-order valence-electron chi connectivity index (χ4n) is 4.17. The summed E-state index contributed by atoms with van der Waals surface area (Å²) in [7, 11) is 0. The number of carboxylic acid groups (broad SMARTS) is 1. The molecule has 1 fully saturated rings. The molecular formula is C29H37N3O13. The molecule has 1 aromatic carbocycles. The van der Waals surface area contributed by atoms with Gasteiger partial charge in [-0.05, 0) is 44.9 Å². The Balaban J connectivity index is 1.64. The molecule has 45 heavy (non-hydrogen) atoms. The van der Waals surface area contributed by atoms with Crippen LogP contribution >= 0.6 is 0 Å². The van der Waals surface area contributed by atoms with Crippen molar-refractivity contribution in [2.75, 3.05) is 18.4 Å². The van der Waals surface area contributed by atoms with Crippen LogP contribution in [0.2, 0.25) is 0 Å². The Bertz CT molecular complexity index is 1320. The molecule has 246 valence electrons. The SMILES string of the molecule is CC(C)(C)C(=O)OCc1ccc(O[C@@H]2OC(C(=O)O)[C@@H](O)[C@H](O)[C@H]2O)c(NC(=O)CCNC(=O)CCCN2C(=O)C=CC2=O)c1. The summed E-state index contributed by atoms with van der Waals surface area (Å²) in [6.07, 6.45) is -7.06. The molecule has 1 unspecified atom stereocenters. The Kier molecular flexibility index (Phi) is 11.8. The number of aliphatic hydroxyl groups is 3. The van der Waals surface area contributed by atoms with Crippen LogP contribution in [-0.4, -0.2) is 105 Å². The molecule has 0 bridgehead atoms. The number of nitrogens with one attached hydrogen (secondary N) is 2. The first-order valence-electron chi connectivity index (χ1n) is 14.1. The molecule has 6 N–H and O–H groups in total. The molecule has 0 aliphatic carbocycles. The number of nitrogens with zero attached hydrogens (tertiary/aromatic N) is 1. The first kappa shape index (κ1) is 35.1. The van der Waals surface area contributed by atoms with Crippen molar-refractivity contribution in [1.82, 2.24) is 10.2 Å². The number of aliphatic hydroxyl groups excluding tert-OH is 3. The zero-order valence-corrected chi connectivity index (χ0v) is 24.9. The minimum atomic E-state index is -1.94. The lowest BCUT2D eigenvalue weighted by atomic mass is 9.97. The predicted octanol–water partition coefficient (Wildman–Crippen LogP) is -0.803. The summed E-state index contributed by atoms with van der Waals surface area (Å²) in [5.41, 5.74) is -0.337. The number of hydrogen-bond acceptors (Lipinski definition) is 12. The molecule has 16 nitrogen and oxygen atoms in total. The van der Waals surface area contributed by atoms with Crippen LogP contribution < -0.4 is 15.4 Å². The minimum absolute atomic E-state index is 0.00692. The Morgan fingerprint density at radius 3 is 2.24 bits per heavy atom. The molecule has 16 heteroatoms. The highest BCUT2D eigenvalue weighted by atomic mass is 16.7. The number of rotatable bonds is 13. The second-order valence-corrected chi connectivity index (χ2v) is 11.4. The van der Waals surface area contributed by atoms with Crippen LogP contribution in [0, 0.1) is 5.41 Å². The molecule has 2 heterocycles. The molecule has 5 atom stereocenters. The van der Waals surface area contributed by atoms with Gasteiger partial charge in [-0.25, -0.2) is 4.79 Å². The van der Waals surface area contributed by atoms with Crippen molar-refractivity contribution in [3.63, 3.8) is 0 Å². The van der Waals surface area contributed by atoms with E-state index in [9.17, 15) is 49.2 Å². The van der Waals surface area contributed by atoms with Crippen LogP contribution in [0.1, 0.15) is 45.6 Å². The van der Waals surface area contributed by atoms with Gasteiger partial charge in [0.1, 0.15) is 30.7 Å². The van der Waals surface area contributed by atoms with Gasteiger partial charge >= 0.3 is 11.9 Å². The fraction of sp³-hybridized carbons (Fsp3) is 0.517. The van der Waals surface area contributed by atoms with E-state index in [2.05, 4.69) is 10.6 Å². The fourth-order valence-corrected chi connectivity index (χ4v) is 4.17. The van der Waals surface area contributed by atoms with Crippen LogP contribution in [0.25, 0.3) is 0 Å². The van der Waals surface area contributed by atoms with Gasteiger partial charge in [-0.3, -0.25) is 28.9 Å². The van der Waals surface area contributed by atoms with Gasteiger partial charge in [-0.1, -0.05) is 6.07 Å². The summed E-state index contributed by atoms with van der Waals surface area (Å²) in [6, 6.07) is 4.23. The molecule has 3 rings (SSSR count). The van der Waals surface area contributed by atoms with E-state index < -0.39 is 71.7 Å². The molecule has 2 aliphatic heterocycles. The molecule has 1 aromatic rings. The van der Waals surface area contributed by atoms with E-state index >= 15 is 0 Å². The number of carboxylic acids is 1. The Morgan fingerprint density at radius 1 is 0.956 bits per heavy atom. The minimum Gasteiger partial charge on any atom is -0.479 e. The number of aliphatic carboxylic acids is 1. The largest absolute Gasteiger partial charge is 0.479 e. The highest BCUT2D eigenvalue weighted by Gasteiger charge is 2.48. The number of amides is 4. The number of esters is 1. The molecule has 0 spiro atoms. The van der Waals surface area contributed by atoms with Gasteiger partial charge in [0, 0.05) is 38.1 Å². The monoisotopic (exact) mass is 635 g/mol. The molecule has 4 amide bonds. The van der Waals surface area contributed by atoms with Crippen LogP contribution in [0.15, 0.2) is 30.4 Å². The molecular weight excluding hydrogens is 598 g/mol. The maximum atomic E-state index is 12.8. The highest BCUT2D eigenvalue weighted by Crippen LogP contribution is 2.31. The number of hydrogen-bond donors (Lipinski definition) is 6. The van der Waals surface area contributed by atoms with E-state index in [-0.39, 0.29) is 50.4 Å². The van der Waals surface area contributed by atoms with Gasteiger partial charge in [0.2, 0.25) is 18.1 Å². The number of imide groups is 1. The van der Waals surface area contributed by atoms with Crippen LogP contribution in [0.4, 0.5) is 5.69 Å². The normalized spacial score (nSPS) is 23.1. The molecule has 2 aliphatic rings. The summed E-state index contributed by atoms with van der Waals surface area (Å²) in [5.74, 6) is -4.09. The maximum absolute atomic E-state index is 12.8. The maximum Gasteiger partial charge on any atom is 0.335 e. The lowest BCUT2D eigenvalue weighted by Crippen LogP contribution is -2.61. The van der Waals surface area contributed by atoms with Crippen molar-refractivity contribution >= 4 is 41.3 Å². The Hall–Kier alpha value is -4.38. The first-order valence-corrected chi connectivity index (χ1v) is 14.1. The first-order chi connectivity index (χ1) is 21.1. The van der Waals surface area contributed by atoms with E-state index in [4.69, 9.17) is 14.2 Å². The average Bonchev–Trinajstić information content (AvgIpc) is 3.28. The molecule has 0 radical (unpaired) electrons. The van der Waals surface area contributed by atoms with Crippen molar-refractivity contribution < 1.29 is 63.4 Å². The third-order valence-corrected chi connectivity index (χ3v) is 6.72. The molecule has 0 aromatic heterocycles. The Labute approximate surface area is 257 Å². The van der Waals surface area contributed by atoms with Crippen molar-refractivity contribution in [2.24, 2.45) is 5.41 Å². The van der Waals surface area contributed by atoms with Crippen molar-refractivity contribution in [1.29, 1.82) is 0 Å². The number of carbonyl (C=O) groups is 6. The van der Waals surface area contributed by atoms with E-state index in [1.165, 1.54) is 18.2 Å². The summed E-state index contributed by atoms with van der Waals surface area (Å²) < 4.78 is 16.1. The summed E-state index contributed by atoms with van der Waals surface area (Å²) in [6.45, 7) is 4.86. The van der Waals surface area contributed by atoms with Gasteiger partial charge in [-0.15, -0.1) is 0 Å². The third-order valence-electron chi connectivity index (χ3n) is 6.72. The number of benzene rings is 1. The summed E-state index contributed by atoms with van der Waals surface area (Å²) in [5, 5.41) is 44.9. The van der Waals surface area contributed by atoms with E-state index in [1.54, 1.807) is 20.8 Å². The second-order valence-electron chi connectivity index (χ2n) is 11.4. The second kappa shape index (κ2) is 15.1. The van der Waals surface area contributed by atoms with Crippen LogP contribution in [0.5, 0.6) is 5.75 Å². The van der Waals surface area contributed by atoms with Crippen LogP contribution in [-0.2, 0) is 44.8 Å². The summed E-state index contributed by atoms with van der Waals surface area (Å²) in [4.78, 5) is 72.8. The molecule has 1 saturated heterocycles. The molecule has 0 saturated carbocycles. The van der Waals surface area contributed by atoms with E-state index in [0.717, 1.165) is 17.1 Å². The smallest absolute Gasteiger partial charge is 0.335 e. The van der Waals surface area contributed by atoms with Gasteiger partial charge < -0.3 is 45.3 Å². The highest BCUT2D eigenvalue weighted by molar-refractivity contribution is 6.12. The lowest BCUT2D eigenvalue weighted by molar-refractivity contribution is -0.271. The van der Waals surface area contributed by atoms with Crippen molar-refractivity contribution in [3.05, 3.63) is 35.9 Å². The topological polar surface area (TPSA) is 238 Å². The quantitative estimate of drug-likeness (QED) is 0.115. The van der Waals surface area contributed by atoms with Crippen LogP contribution in [0.3, 0.4) is 0 Å².